The van der Waals surface area contributed by atoms with E-state index in [1.165, 1.54) is 19.2 Å². The van der Waals surface area contributed by atoms with E-state index in [2.05, 4.69) is 10.6 Å². The van der Waals surface area contributed by atoms with Crippen LogP contribution in [0.25, 0.3) is 0 Å². The first kappa shape index (κ1) is 25.7. The van der Waals surface area contributed by atoms with Crippen molar-refractivity contribution in [2.45, 2.75) is 45.4 Å². The minimum Gasteiger partial charge on any atom is -0.508 e. The van der Waals surface area contributed by atoms with Crippen molar-refractivity contribution in [2.75, 3.05) is 19.0 Å². The molecule has 0 saturated carbocycles. The zero-order valence-corrected chi connectivity index (χ0v) is 19.5. The molecule has 0 aliphatic heterocycles. The zero-order chi connectivity index (χ0) is 24.8. The van der Waals surface area contributed by atoms with Gasteiger partial charge in [-0.25, -0.2) is 4.79 Å². The summed E-state index contributed by atoms with van der Waals surface area (Å²) in [7, 11) is 1.38. The number of aliphatic hydroxyl groups is 1. The minimum atomic E-state index is -1.34. The summed E-state index contributed by atoms with van der Waals surface area (Å²) in [6, 6.07) is 10.7. The average Bonchev–Trinajstić information content (AvgIpc) is 2.72. The number of ether oxygens (including phenoxy) is 1. The van der Waals surface area contributed by atoms with Crippen LogP contribution in [-0.4, -0.2) is 58.3 Å². The van der Waals surface area contributed by atoms with E-state index in [9.17, 15) is 24.6 Å². The number of carbonyl (C=O) groups excluding carboxylic acids is 3. The Morgan fingerprint density at radius 3 is 2.33 bits per heavy atom. The van der Waals surface area contributed by atoms with Crippen molar-refractivity contribution in [3.63, 3.8) is 0 Å². The highest BCUT2D eigenvalue weighted by atomic mass is 16.6. The van der Waals surface area contributed by atoms with E-state index in [1.807, 2.05) is 19.1 Å². The predicted octanol–water partition coefficient (Wildman–Crippen LogP) is 2.72. The third kappa shape index (κ3) is 7.21. The molecule has 0 saturated heterocycles. The van der Waals surface area contributed by atoms with Gasteiger partial charge < -0.3 is 30.5 Å². The van der Waals surface area contributed by atoms with Crippen LogP contribution in [0.4, 0.5) is 10.5 Å². The van der Waals surface area contributed by atoms with Gasteiger partial charge in [0, 0.05) is 12.7 Å². The van der Waals surface area contributed by atoms with Crippen molar-refractivity contribution >= 4 is 23.6 Å². The van der Waals surface area contributed by atoms with Gasteiger partial charge in [-0.05, 0) is 57.0 Å². The molecule has 0 heterocycles. The molecular weight excluding hydrogens is 426 g/mol. The molecule has 3 amide bonds. The Bertz CT molecular complexity index is 1000. The number of phenols is 1. The fourth-order valence-electron chi connectivity index (χ4n) is 3.17. The van der Waals surface area contributed by atoms with E-state index in [0.29, 0.717) is 11.3 Å². The number of carbonyl (C=O) groups is 3. The second-order valence-corrected chi connectivity index (χ2v) is 8.63. The lowest BCUT2D eigenvalue weighted by molar-refractivity contribution is -0.139. The van der Waals surface area contributed by atoms with E-state index in [-0.39, 0.29) is 5.75 Å². The molecular formula is C24H31N3O6. The Morgan fingerprint density at radius 2 is 1.76 bits per heavy atom. The number of para-hydroxylation sites is 1. The molecule has 33 heavy (non-hydrogen) atoms. The second-order valence-electron chi connectivity index (χ2n) is 8.63. The molecule has 2 aromatic rings. The van der Waals surface area contributed by atoms with Gasteiger partial charge in [-0.3, -0.25) is 9.59 Å². The highest BCUT2D eigenvalue weighted by Crippen LogP contribution is 2.26. The maximum atomic E-state index is 13.3. The summed E-state index contributed by atoms with van der Waals surface area (Å²) in [4.78, 5) is 39.7. The van der Waals surface area contributed by atoms with Crippen molar-refractivity contribution in [3.05, 3.63) is 59.7 Å². The first-order valence-electron chi connectivity index (χ1n) is 10.5. The number of nitrogens with one attached hydrogen (secondary N) is 2. The number of hydrogen-bond donors (Lipinski definition) is 4. The second kappa shape index (κ2) is 10.8. The fraction of sp³-hybridized carbons (Fsp3) is 0.375. The number of alkyl carbamates (subject to hydrolysis) is 1. The van der Waals surface area contributed by atoms with Gasteiger partial charge in [0.05, 0.1) is 6.61 Å². The Hall–Kier alpha value is -3.59. The summed E-state index contributed by atoms with van der Waals surface area (Å²) in [5.41, 5.74) is 0.954. The molecule has 0 spiro atoms. The monoisotopic (exact) mass is 457 g/mol. The Morgan fingerprint density at radius 1 is 1.09 bits per heavy atom. The molecule has 4 N–H and O–H groups in total. The summed E-state index contributed by atoms with van der Waals surface area (Å²) in [6.45, 7) is 6.14. The van der Waals surface area contributed by atoms with E-state index < -0.39 is 42.2 Å². The summed E-state index contributed by atoms with van der Waals surface area (Å²) in [5, 5.41) is 24.8. The standard InChI is InChI=1S/C24H31N3O6/c1-15-9-6-7-12-18(15)25-21(30)20(16-10-8-11-17(29)13-16)27(5)22(31)19(14-28)26-23(32)33-24(2,3)4/h6-13,19-20,28-29H,14H2,1-5H3,(H,25,30)(H,26,32). The lowest BCUT2D eigenvalue weighted by Crippen LogP contribution is -2.52. The molecule has 0 aromatic heterocycles. The van der Waals surface area contributed by atoms with Gasteiger partial charge in [0.1, 0.15) is 23.4 Å². The van der Waals surface area contributed by atoms with Crippen LogP contribution in [0, 0.1) is 6.92 Å². The molecule has 0 radical (unpaired) electrons. The Balaban J connectivity index is 2.33. The number of likely N-dealkylation sites (N-methyl/N-ethyl adjacent to an activating group) is 1. The molecule has 2 aromatic carbocycles. The number of rotatable bonds is 7. The lowest BCUT2D eigenvalue weighted by atomic mass is 10.0. The van der Waals surface area contributed by atoms with Gasteiger partial charge in [0.25, 0.3) is 5.91 Å². The number of benzene rings is 2. The summed E-state index contributed by atoms with van der Waals surface area (Å²) in [6.07, 6.45) is -0.874. The number of hydrogen-bond acceptors (Lipinski definition) is 6. The van der Waals surface area contributed by atoms with Crippen LogP contribution in [0.15, 0.2) is 48.5 Å². The highest BCUT2D eigenvalue weighted by molar-refractivity contribution is 5.99. The van der Waals surface area contributed by atoms with Crippen LogP contribution in [-0.2, 0) is 14.3 Å². The normalized spacial score (nSPS) is 12.9. The van der Waals surface area contributed by atoms with Crippen LogP contribution in [0.5, 0.6) is 5.75 Å². The third-order valence-corrected chi connectivity index (χ3v) is 4.74. The van der Waals surface area contributed by atoms with Crippen molar-refractivity contribution in [1.29, 1.82) is 0 Å². The van der Waals surface area contributed by atoms with Crippen LogP contribution in [0.2, 0.25) is 0 Å². The van der Waals surface area contributed by atoms with E-state index in [4.69, 9.17) is 4.74 Å². The summed E-state index contributed by atoms with van der Waals surface area (Å²) < 4.78 is 5.16. The van der Waals surface area contributed by atoms with Gasteiger partial charge in [0.2, 0.25) is 5.91 Å². The molecule has 0 aliphatic carbocycles. The SMILES string of the molecule is Cc1ccccc1NC(=O)C(c1cccc(O)c1)N(C)C(=O)C(CO)NC(=O)OC(C)(C)C. The zero-order valence-electron chi connectivity index (χ0n) is 19.5. The van der Waals surface area contributed by atoms with Gasteiger partial charge in [-0.2, -0.15) is 0 Å². The van der Waals surface area contributed by atoms with Gasteiger partial charge in [0.15, 0.2) is 0 Å². The summed E-state index contributed by atoms with van der Waals surface area (Å²) >= 11 is 0. The first-order chi connectivity index (χ1) is 15.4. The quantitative estimate of drug-likeness (QED) is 0.506. The average molecular weight is 458 g/mol. The molecule has 178 valence electrons. The van der Waals surface area contributed by atoms with Gasteiger partial charge >= 0.3 is 6.09 Å². The topological polar surface area (TPSA) is 128 Å². The molecule has 2 unspecified atom stereocenters. The minimum absolute atomic E-state index is 0.0763. The van der Waals surface area contributed by atoms with Gasteiger partial charge in [-0.15, -0.1) is 0 Å². The maximum absolute atomic E-state index is 13.3. The van der Waals surface area contributed by atoms with Crippen molar-refractivity contribution in [2.24, 2.45) is 0 Å². The van der Waals surface area contributed by atoms with Crippen LogP contribution < -0.4 is 10.6 Å². The number of aromatic hydroxyl groups is 1. The number of nitrogens with zero attached hydrogens (tertiary/aromatic N) is 1. The molecule has 2 atom stereocenters. The van der Waals surface area contributed by atoms with Crippen LogP contribution in [0.1, 0.15) is 37.9 Å². The number of aliphatic hydroxyl groups excluding tert-OH is 1. The van der Waals surface area contributed by atoms with Crippen molar-refractivity contribution < 1.29 is 29.3 Å². The van der Waals surface area contributed by atoms with Gasteiger partial charge in [-0.1, -0.05) is 30.3 Å². The van der Waals surface area contributed by atoms with E-state index >= 15 is 0 Å². The lowest BCUT2D eigenvalue weighted by Gasteiger charge is -2.31. The van der Waals surface area contributed by atoms with Crippen molar-refractivity contribution in [1.82, 2.24) is 10.2 Å². The predicted molar refractivity (Wildman–Crippen MR) is 124 cm³/mol. The molecule has 9 heteroatoms. The smallest absolute Gasteiger partial charge is 0.408 e. The van der Waals surface area contributed by atoms with Crippen LogP contribution >= 0.6 is 0 Å². The molecule has 2 rings (SSSR count). The van der Waals surface area contributed by atoms with E-state index in [1.54, 1.807) is 45.0 Å². The molecule has 0 bridgehead atoms. The largest absolute Gasteiger partial charge is 0.508 e. The molecule has 0 fully saturated rings. The maximum Gasteiger partial charge on any atom is 0.408 e. The first-order valence-corrected chi connectivity index (χ1v) is 10.5. The Kier molecular flexibility index (Phi) is 8.42. The van der Waals surface area contributed by atoms with Crippen molar-refractivity contribution in [3.8, 4) is 5.75 Å². The fourth-order valence-corrected chi connectivity index (χ4v) is 3.17. The molecule has 0 aliphatic rings. The van der Waals surface area contributed by atoms with E-state index in [0.717, 1.165) is 10.5 Å². The Labute approximate surface area is 193 Å². The molecule has 9 nitrogen and oxygen atoms in total. The number of anilines is 1. The van der Waals surface area contributed by atoms with Crippen LogP contribution in [0.3, 0.4) is 0 Å². The number of aryl methyl sites for hydroxylation is 1. The number of amides is 3. The third-order valence-electron chi connectivity index (χ3n) is 4.74. The summed E-state index contributed by atoms with van der Waals surface area (Å²) in [5.74, 6) is -1.32. The number of phenolic OH excluding ortho intramolecular Hbond substituents is 1. The highest BCUT2D eigenvalue weighted by Gasteiger charge is 2.34.